The van der Waals surface area contributed by atoms with Crippen LogP contribution >= 0.6 is 15.9 Å². The predicted octanol–water partition coefficient (Wildman–Crippen LogP) is 8.32. The lowest BCUT2D eigenvalue weighted by Crippen LogP contribution is -2.56. The Morgan fingerprint density at radius 1 is 0.960 bits per heavy atom. The monoisotopic (exact) mass is 752 g/mol. The minimum Gasteiger partial charge on any atom is -0.334 e. The zero-order valence-corrected chi connectivity index (χ0v) is 28.4. The fraction of sp³-hybridized carbons (Fsp3) is 0.278. The van der Waals surface area contributed by atoms with E-state index in [1.807, 2.05) is 30.3 Å². The summed E-state index contributed by atoms with van der Waals surface area (Å²) >= 11 is 2.94. The molecule has 0 radical (unpaired) electrons. The average molecular weight is 754 g/mol. The van der Waals surface area contributed by atoms with Crippen molar-refractivity contribution in [3.63, 3.8) is 0 Å². The molecule has 0 spiro atoms. The van der Waals surface area contributed by atoms with Gasteiger partial charge in [0.05, 0.1) is 35.1 Å². The Bertz CT molecular complexity index is 2070. The second kappa shape index (κ2) is 12.5. The lowest BCUT2D eigenvalue weighted by molar-refractivity contribution is -0.138. The maximum Gasteiger partial charge on any atom is 0.417 e. The summed E-state index contributed by atoms with van der Waals surface area (Å²) in [6, 6.07) is 20.1. The lowest BCUT2D eigenvalue weighted by atomic mass is 9.84. The fourth-order valence-electron chi connectivity index (χ4n) is 6.79. The second-order valence-electron chi connectivity index (χ2n) is 12.7. The van der Waals surface area contributed by atoms with E-state index < -0.39 is 41.6 Å². The van der Waals surface area contributed by atoms with E-state index in [1.165, 1.54) is 34.0 Å². The van der Waals surface area contributed by atoms with Crippen molar-refractivity contribution in [3.05, 3.63) is 124 Å². The van der Waals surface area contributed by atoms with Crippen molar-refractivity contribution in [2.24, 2.45) is 5.92 Å². The van der Waals surface area contributed by atoms with E-state index in [0.717, 1.165) is 24.1 Å². The van der Waals surface area contributed by atoms with Crippen molar-refractivity contribution < 1.29 is 31.5 Å². The molecule has 3 atom stereocenters. The molecule has 50 heavy (non-hydrogen) atoms. The molecule has 7 rings (SSSR count). The number of aromatic nitrogens is 4. The summed E-state index contributed by atoms with van der Waals surface area (Å²) in [5.74, 6) is -3.96. The summed E-state index contributed by atoms with van der Waals surface area (Å²) in [5.41, 5.74) is 1.37. The number of carbonyl (C=O) groups excluding carboxylic acids is 2. The highest BCUT2D eigenvalue weighted by molar-refractivity contribution is 9.10. The van der Waals surface area contributed by atoms with Crippen LogP contribution in [0.5, 0.6) is 0 Å². The van der Waals surface area contributed by atoms with Gasteiger partial charge in [-0.3, -0.25) is 14.5 Å². The molecule has 258 valence electrons. The van der Waals surface area contributed by atoms with E-state index in [0.29, 0.717) is 23.6 Å². The molecule has 0 bridgehead atoms. The van der Waals surface area contributed by atoms with Crippen LogP contribution in [0.4, 0.5) is 33.5 Å². The number of nitrogens with zero attached hydrogens (tertiary/aromatic N) is 6. The normalized spacial score (nSPS) is 19.4. The third kappa shape index (κ3) is 6.10. The van der Waals surface area contributed by atoms with Gasteiger partial charge >= 0.3 is 6.18 Å². The van der Waals surface area contributed by atoms with Crippen LogP contribution in [0, 0.1) is 5.92 Å². The van der Waals surface area contributed by atoms with Crippen molar-refractivity contribution in [2.75, 3.05) is 11.4 Å². The van der Waals surface area contributed by atoms with E-state index in [9.17, 15) is 31.5 Å². The number of hydrogen-bond donors (Lipinski definition) is 0. The van der Waals surface area contributed by atoms with Crippen molar-refractivity contribution >= 4 is 39.2 Å². The Balaban J connectivity index is 1.26. The van der Waals surface area contributed by atoms with Gasteiger partial charge in [0.1, 0.15) is 11.5 Å². The number of hydrogen-bond acceptors (Lipinski definition) is 4. The quantitative estimate of drug-likeness (QED) is 0.164. The first-order valence-electron chi connectivity index (χ1n) is 15.9. The van der Waals surface area contributed by atoms with Crippen molar-refractivity contribution in [2.45, 2.75) is 50.9 Å². The molecule has 2 unspecified atom stereocenters. The first-order valence-corrected chi connectivity index (χ1v) is 16.7. The highest BCUT2D eigenvalue weighted by Crippen LogP contribution is 2.45. The van der Waals surface area contributed by atoms with Gasteiger partial charge in [0.25, 0.3) is 11.8 Å². The molecular weight excluding hydrogens is 723 g/mol. The Kier molecular flexibility index (Phi) is 8.40. The second-order valence-corrected chi connectivity index (χ2v) is 13.6. The van der Waals surface area contributed by atoms with Gasteiger partial charge in [-0.25, -0.2) is 9.36 Å². The molecule has 8 nitrogen and oxygen atoms in total. The fourth-order valence-corrected chi connectivity index (χ4v) is 7.27. The minimum atomic E-state index is -4.66. The molecule has 3 aromatic carbocycles. The summed E-state index contributed by atoms with van der Waals surface area (Å²) in [4.78, 5) is 31.4. The molecule has 1 saturated heterocycles. The van der Waals surface area contributed by atoms with Crippen molar-refractivity contribution in [1.29, 1.82) is 0 Å². The minimum absolute atomic E-state index is 0.0593. The summed E-state index contributed by atoms with van der Waals surface area (Å²) in [5, 5.41) is 8.74. The van der Waals surface area contributed by atoms with E-state index in [1.54, 1.807) is 47.0 Å². The van der Waals surface area contributed by atoms with Crippen molar-refractivity contribution in [3.8, 4) is 5.69 Å². The van der Waals surface area contributed by atoms with Crippen LogP contribution in [-0.4, -0.2) is 48.9 Å². The standard InChI is InChI=1S/C36H30BrF5N6O2/c1-21-16-27-30(20-45(21)33(49)23-8-13-29(37)28(18-23)36(40,41)42)48-32(24(19-43-48)17-22-6-4-3-5-7-22)47(34(27)50)26-11-9-25(10-12-26)46-15-14-31(44-46)35(2,38)39/h3-15,18-19,21,27,30H,16-17,20H2,1-2H3/t21-,27?,30?/m0/s1. The van der Waals surface area contributed by atoms with Crippen molar-refractivity contribution in [1.82, 2.24) is 24.5 Å². The summed E-state index contributed by atoms with van der Waals surface area (Å²) in [6.07, 6.45) is -0.810. The van der Waals surface area contributed by atoms with Gasteiger partial charge in [-0.1, -0.05) is 46.3 Å². The average Bonchev–Trinajstić information content (AvgIpc) is 3.74. The molecule has 4 heterocycles. The molecule has 14 heteroatoms. The van der Waals surface area contributed by atoms with Gasteiger partial charge in [0.2, 0.25) is 5.91 Å². The van der Waals surface area contributed by atoms with Gasteiger partial charge in [-0.15, -0.1) is 0 Å². The molecule has 2 aromatic heterocycles. The predicted molar refractivity (Wildman–Crippen MR) is 179 cm³/mol. The number of likely N-dealkylation sites (tertiary alicyclic amines) is 1. The Hall–Kier alpha value is -4.85. The van der Waals surface area contributed by atoms with Gasteiger partial charge < -0.3 is 4.90 Å². The van der Waals surface area contributed by atoms with E-state index >= 15 is 0 Å². The number of halogens is 6. The summed E-state index contributed by atoms with van der Waals surface area (Å²) < 4.78 is 71.7. The van der Waals surface area contributed by atoms with E-state index in [2.05, 4.69) is 21.0 Å². The number of anilines is 2. The molecule has 2 amide bonds. The number of fused-ring (bicyclic) bond motifs is 3. The van der Waals surface area contributed by atoms with Crippen LogP contribution in [0.25, 0.3) is 5.69 Å². The molecular formula is C36H30BrF5N6O2. The zero-order chi connectivity index (χ0) is 35.5. The molecule has 0 aliphatic carbocycles. The molecule has 0 saturated carbocycles. The van der Waals surface area contributed by atoms with Crippen LogP contribution in [-0.2, 0) is 23.3 Å². The van der Waals surface area contributed by atoms with Crippen LogP contribution in [0.3, 0.4) is 0 Å². The number of piperidine rings is 1. The SMILES string of the molecule is C[C@H]1CC2C(=O)N(c3ccc(-n4ccc(C(C)(F)F)n4)cc3)c3c(Cc4ccccc4)cnn3C2CN1C(=O)c1ccc(Br)c(C(F)(F)F)c1. The maximum atomic E-state index is 14.5. The third-order valence-corrected chi connectivity index (χ3v) is 10.0. The van der Waals surface area contributed by atoms with Crippen LogP contribution in [0.1, 0.15) is 59.1 Å². The van der Waals surface area contributed by atoms with Crippen LogP contribution in [0.2, 0.25) is 0 Å². The first kappa shape index (κ1) is 33.6. The number of benzene rings is 3. The highest BCUT2D eigenvalue weighted by Gasteiger charge is 2.48. The van der Waals surface area contributed by atoms with Gasteiger partial charge in [0, 0.05) is 47.7 Å². The van der Waals surface area contributed by atoms with Gasteiger partial charge in [0.15, 0.2) is 0 Å². The smallest absolute Gasteiger partial charge is 0.334 e. The molecule has 5 aromatic rings. The Morgan fingerprint density at radius 2 is 1.66 bits per heavy atom. The maximum absolute atomic E-state index is 14.5. The Morgan fingerprint density at radius 3 is 2.32 bits per heavy atom. The number of amides is 2. The van der Waals surface area contributed by atoms with Gasteiger partial charge in [-0.05, 0) is 67.4 Å². The van der Waals surface area contributed by atoms with Crippen LogP contribution < -0.4 is 4.90 Å². The Labute approximate surface area is 292 Å². The summed E-state index contributed by atoms with van der Waals surface area (Å²) in [7, 11) is 0. The molecule has 0 N–H and O–H groups in total. The molecule has 2 aliphatic rings. The first-order chi connectivity index (χ1) is 23.7. The largest absolute Gasteiger partial charge is 0.417 e. The lowest BCUT2D eigenvalue weighted by Gasteiger charge is -2.47. The molecule has 1 fully saturated rings. The highest BCUT2D eigenvalue weighted by atomic mass is 79.9. The van der Waals surface area contributed by atoms with Gasteiger partial charge in [-0.2, -0.15) is 32.1 Å². The molecule has 2 aliphatic heterocycles. The third-order valence-electron chi connectivity index (χ3n) is 9.31. The topological polar surface area (TPSA) is 76.3 Å². The van der Waals surface area contributed by atoms with Crippen LogP contribution in [0.15, 0.2) is 95.7 Å². The number of carbonyl (C=O) groups is 2. The van der Waals surface area contributed by atoms with E-state index in [-0.39, 0.29) is 34.6 Å². The number of rotatable bonds is 6. The number of alkyl halides is 5. The zero-order valence-electron chi connectivity index (χ0n) is 26.8. The van der Waals surface area contributed by atoms with E-state index in [4.69, 9.17) is 5.10 Å². The summed E-state index contributed by atoms with van der Waals surface area (Å²) in [6.45, 7) is 2.62.